The van der Waals surface area contributed by atoms with E-state index in [2.05, 4.69) is 9.80 Å². The molecule has 2 heterocycles. The van der Waals surface area contributed by atoms with Crippen molar-refractivity contribution in [1.82, 2.24) is 9.80 Å². The number of carbonyl (C=O) groups is 1. The highest BCUT2D eigenvalue weighted by Crippen LogP contribution is 2.47. The summed E-state index contributed by atoms with van der Waals surface area (Å²) in [5.41, 5.74) is 0.181. The summed E-state index contributed by atoms with van der Waals surface area (Å²) in [6.45, 7) is 2.59. The van der Waals surface area contributed by atoms with Crippen LogP contribution in [0.4, 0.5) is 0 Å². The number of hydrogen-bond acceptors (Lipinski definition) is 4. The molecule has 0 spiro atoms. The number of likely N-dealkylation sites (tertiary alicyclic amines) is 1. The lowest BCUT2D eigenvalue weighted by Crippen LogP contribution is -2.63. The van der Waals surface area contributed by atoms with Gasteiger partial charge in [-0.2, -0.15) is 0 Å². The zero-order valence-electron chi connectivity index (χ0n) is 15.6. The number of carbonyl (C=O) groups excluding carboxylic acids is 1. The van der Waals surface area contributed by atoms with Crippen LogP contribution >= 0.6 is 0 Å². The topological polar surface area (TPSA) is 53.0 Å². The summed E-state index contributed by atoms with van der Waals surface area (Å²) in [4.78, 5) is 17.5. The molecule has 1 N–H and O–H groups in total. The third-order valence-electron chi connectivity index (χ3n) is 6.71. The molecule has 0 aromatic heterocycles. The van der Waals surface area contributed by atoms with Gasteiger partial charge in [0, 0.05) is 25.0 Å². The van der Waals surface area contributed by atoms with E-state index in [1.54, 1.807) is 0 Å². The molecule has 1 amide bonds. The summed E-state index contributed by atoms with van der Waals surface area (Å²) in [6.07, 6.45) is 4.85. The van der Waals surface area contributed by atoms with E-state index < -0.39 is 5.60 Å². The maximum Gasteiger partial charge on any atom is 0.242 e. The maximum absolute atomic E-state index is 13.3. The summed E-state index contributed by atoms with van der Waals surface area (Å²) in [5.74, 6) is 0.297. The Morgan fingerprint density at radius 3 is 2.73 bits per heavy atom. The molecule has 0 radical (unpaired) electrons. The van der Waals surface area contributed by atoms with E-state index in [0.29, 0.717) is 26.2 Å². The molecule has 1 aliphatic carbocycles. The highest BCUT2D eigenvalue weighted by molar-refractivity contribution is 5.82. The van der Waals surface area contributed by atoms with Gasteiger partial charge in [-0.3, -0.25) is 9.69 Å². The lowest BCUT2D eigenvalue weighted by Gasteiger charge is -2.53. The third kappa shape index (κ3) is 3.06. The van der Waals surface area contributed by atoms with E-state index in [1.165, 1.54) is 0 Å². The summed E-state index contributed by atoms with van der Waals surface area (Å²) >= 11 is 0. The van der Waals surface area contributed by atoms with Gasteiger partial charge in [-0.1, -0.05) is 43.2 Å². The standard InChI is InChI=1S/C21H30N2O3/c1-22-13-14-26-15-19(22)20(24)23-12-11-21(25,16-7-3-2-4-8-16)17-9-5-6-10-18(17)23/h2-4,7-8,17-19,25H,5-6,9-15H2,1H3/t17-,18+,19?,21?/m0/s1. The summed E-state index contributed by atoms with van der Waals surface area (Å²) in [5, 5.41) is 11.6. The van der Waals surface area contributed by atoms with Crippen molar-refractivity contribution in [2.24, 2.45) is 5.92 Å². The lowest BCUT2D eigenvalue weighted by atomic mass is 9.66. The summed E-state index contributed by atoms with van der Waals surface area (Å²) < 4.78 is 5.57. The Labute approximate surface area is 155 Å². The second-order valence-corrected chi connectivity index (χ2v) is 8.10. The van der Waals surface area contributed by atoms with Crippen molar-refractivity contribution >= 4 is 5.91 Å². The quantitative estimate of drug-likeness (QED) is 0.879. The molecule has 5 heteroatoms. The van der Waals surface area contributed by atoms with E-state index in [9.17, 15) is 9.90 Å². The van der Waals surface area contributed by atoms with Gasteiger partial charge in [-0.15, -0.1) is 0 Å². The third-order valence-corrected chi connectivity index (χ3v) is 6.71. The Morgan fingerprint density at radius 1 is 1.19 bits per heavy atom. The Balaban J connectivity index is 1.59. The molecule has 2 aliphatic heterocycles. The van der Waals surface area contributed by atoms with E-state index >= 15 is 0 Å². The molecule has 1 saturated carbocycles. The van der Waals surface area contributed by atoms with Crippen molar-refractivity contribution in [2.45, 2.75) is 49.8 Å². The molecule has 4 atom stereocenters. The first-order valence-corrected chi connectivity index (χ1v) is 9.97. The van der Waals surface area contributed by atoms with E-state index in [4.69, 9.17) is 4.74 Å². The first-order valence-electron chi connectivity index (χ1n) is 9.97. The molecule has 2 saturated heterocycles. The smallest absolute Gasteiger partial charge is 0.242 e. The number of amides is 1. The van der Waals surface area contributed by atoms with Crippen LogP contribution in [-0.2, 0) is 15.1 Å². The van der Waals surface area contributed by atoms with Crippen LogP contribution in [-0.4, -0.2) is 66.2 Å². The Morgan fingerprint density at radius 2 is 1.96 bits per heavy atom. The molecule has 142 valence electrons. The Hall–Kier alpha value is -1.43. The molecule has 3 aliphatic rings. The number of ether oxygens (including phenoxy) is 1. The van der Waals surface area contributed by atoms with Crippen LogP contribution in [0.15, 0.2) is 30.3 Å². The fraction of sp³-hybridized carbons (Fsp3) is 0.667. The van der Waals surface area contributed by atoms with Gasteiger partial charge >= 0.3 is 0 Å². The van der Waals surface area contributed by atoms with Gasteiger partial charge in [0.2, 0.25) is 5.91 Å². The van der Waals surface area contributed by atoms with Crippen molar-refractivity contribution < 1.29 is 14.6 Å². The SMILES string of the molecule is CN1CCOCC1C(=O)N1CCC(O)(c2ccccc2)[C@H]2CCCC[C@H]21. The minimum Gasteiger partial charge on any atom is -0.385 e. The highest BCUT2D eigenvalue weighted by Gasteiger charge is 2.51. The number of morpholine rings is 1. The average Bonchev–Trinajstić information content (AvgIpc) is 2.69. The van der Waals surface area contributed by atoms with Gasteiger partial charge in [0.05, 0.1) is 18.8 Å². The van der Waals surface area contributed by atoms with Crippen LogP contribution < -0.4 is 0 Å². The van der Waals surface area contributed by atoms with Crippen LogP contribution in [0.2, 0.25) is 0 Å². The number of likely N-dealkylation sites (N-methyl/N-ethyl adjacent to an activating group) is 1. The fourth-order valence-electron chi connectivity index (χ4n) is 5.18. The van der Waals surface area contributed by atoms with Crippen LogP contribution in [0.25, 0.3) is 0 Å². The van der Waals surface area contributed by atoms with Crippen molar-refractivity contribution in [3.8, 4) is 0 Å². The van der Waals surface area contributed by atoms with Gasteiger partial charge < -0.3 is 14.7 Å². The van der Waals surface area contributed by atoms with Crippen molar-refractivity contribution in [1.29, 1.82) is 0 Å². The molecule has 1 aromatic rings. The number of hydrogen-bond donors (Lipinski definition) is 1. The Kier molecular flexibility index (Phi) is 5.04. The average molecular weight is 358 g/mol. The van der Waals surface area contributed by atoms with Gasteiger partial charge in [-0.05, 0) is 31.9 Å². The van der Waals surface area contributed by atoms with Gasteiger partial charge in [0.1, 0.15) is 6.04 Å². The van der Waals surface area contributed by atoms with Gasteiger partial charge in [0.25, 0.3) is 0 Å². The van der Waals surface area contributed by atoms with Crippen molar-refractivity contribution in [3.63, 3.8) is 0 Å². The monoisotopic (exact) mass is 358 g/mol. The van der Waals surface area contributed by atoms with E-state index in [0.717, 1.165) is 37.8 Å². The first-order chi connectivity index (χ1) is 12.6. The first kappa shape index (κ1) is 18.0. The molecule has 0 bridgehead atoms. The van der Waals surface area contributed by atoms with Crippen molar-refractivity contribution in [2.75, 3.05) is 33.4 Å². The van der Waals surface area contributed by atoms with E-state index in [1.807, 2.05) is 37.4 Å². The second-order valence-electron chi connectivity index (χ2n) is 8.10. The number of benzene rings is 1. The second kappa shape index (κ2) is 7.29. The number of rotatable bonds is 2. The van der Waals surface area contributed by atoms with Crippen LogP contribution in [0.3, 0.4) is 0 Å². The summed E-state index contributed by atoms with van der Waals surface area (Å²) in [7, 11) is 2.01. The molecule has 2 unspecified atom stereocenters. The largest absolute Gasteiger partial charge is 0.385 e. The molecular weight excluding hydrogens is 328 g/mol. The molecule has 4 rings (SSSR count). The maximum atomic E-state index is 13.3. The minimum absolute atomic E-state index is 0.117. The zero-order chi connectivity index (χ0) is 18.1. The van der Waals surface area contributed by atoms with Crippen LogP contribution in [0, 0.1) is 5.92 Å². The summed E-state index contributed by atoms with van der Waals surface area (Å²) in [6, 6.07) is 9.99. The Bertz CT molecular complexity index is 637. The van der Waals surface area contributed by atoms with Crippen LogP contribution in [0.5, 0.6) is 0 Å². The normalized spacial score (nSPS) is 35.8. The molecule has 5 nitrogen and oxygen atoms in total. The molecular formula is C21H30N2O3. The zero-order valence-corrected chi connectivity index (χ0v) is 15.6. The van der Waals surface area contributed by atoms with E-state index in [-0.39, 0.29) is 23.9 Å². The number of fused-ring (bicyclic) bond motifs is 1. The fourth-order valence-corrected chi connectivity index (χ4v) is 5.18. The predicted octanol–water partition coefficient (Wildman–Crippen LogP) is 2.00. The molecule has 1 aromatic carbocycles. The minimum atomic E-state index is -0.821. The molecule has 26 heavy (non-hydrogen) atoms. The van der Waals surface area contributed by atoms with Crippen LogP contribution in [0.1, 0.15) is 37.7 Å². The van der Waals surface area contributed by atoms with Gasteiger partial charge in [0.15, 0.2) is 0 Å². The lowest BCUT2D eigenvalue weighted by molar-refractivity contribution is -0.163. The van der Waals surface area contributed by atoms with Crippen molar-refractivity contribution in [3.05, 3.63) is 35.9 Å². The van der Waals surface area contributed by atoms with Gasteiger partial charge in [-0.25, -0.2) is 0 Å². The predicted molar refractivity (Wildman–Crippen MR) is 99.7 cm³/mol. The number of nitrogens with zero attached hydrogens (tertiary/aromatic N) is 2. The number of aliphatic hydroxyl groups is 1. The highest BCUT2D eigenvalue weighted by atomic mass is 16.5. The number of piperidine rings is 1. The molecule has 3 fully saturated rings.